The van der Waals surface area contributed by atoms with E-state index < -0.39 is 0 Å². The number of hydrogen-bond acceptors (Lipinski definition) is 7. The number of anilines is 1. The topological polar surface area (TPSA) is 70.6 Å². The highest BCUT2D eigenvalue weighted by Gasteiger charge is 2.23. The predicted molar refractivity (Wildman–Crippen MR) is 124 cm³/mol. The van der Waals surface area contributed by atoms with E-state index in [1.54, 1.807) is 13.4 Å². The van der Waals surface area contributed by atoms with Crippen LogP contribution >= 0.6 is 27.3 Å². The summed E-state index contributed by atoms with van der Waals surface area (Å²) in [4.78, 5) is 28.1. The molecule has 2 aromatic heterocycles. The molecule has 1 aliphatic heterocycles. The van der Waals surface area contributed by atoms with Crippen molar-refractivity contribution in [1.29, 1.82) is 0 Å². The molecule has 0 saturated carbocycles. The number of nitrogens with zero attached hydrogens (tertiary/aromatic N) is 4. The van der Waals surface area contributed by atoms with Crippen molar-refractivity contribution in [2.75, 3.05) is 45.2 Å². The molecule has 9 heteroatoms. The van der Waals surface area contributed by atoms with Crippen LogP contribution in [0.4, 0.5) is 5.82 Å². The number of rotatable bonds is 5. The molecule has 0 radical (unpaired) electrons. The molecule has 0 atom stereocenters. The summed E-state index contributed by atoms with van der Waals surface area (Å²) in [6.07, 6.45) is 1.60. The Balaban J connectivity index is 1.59. The van der Waals surface area contributed by atoms with E-state index in [4.69, 9.17) is 4.74 Å². The molecular weight excluding hydrogens is 466 g/mol. The van der Waals surface area contributed by atoms with Gasteiger partial charge in [0, 0.05) is 42.8 Å². The van der Waals surface area contributed by atoms with E-state index in [1.165, 1.54) is 11.3 Å². The minimum atomic E-state index is -0.109. The number of methoxy groups -OCH3 is 1. The Labute approximate surface area is 188 Å². The van der Waals surface area contributed by atoms with E-state index in [0.717, 1.165) is 63.6 Å². The van der Waals surface area contributed by atoms with Crippen molar-refractivity contribution < 1.29 is 9.53 Å². The summed E-state index contributed by atoms with van der Waals surface area (Å²) in [7, 11) is 3.76. The fourth-order valence-corrected chi connectivity index (χ4v) is 5.14. The second-order valence-electron chi connectivity index (χ2n) is 7.36. The monoisotopic (exact) mass is 489 g/mol. The van der Waals surface area contributed by atoms with E-state index in [1.807, 2.05) is 25.1 Å². The minimum Gasteiger partial charge on any atom is -0.496 e. The smallest absolute Gasteiger partial charge is 0.261 e. The van der Waals surface area contributed by atoms with Crippen molar-refractivity contribution in [1.82, 2.24) is 20.2 Å². The van der Waals surface area contributed by atoms with Gasteiger partial charge in [0.1, 0.15) is 22.7 Å². The van der Waals surface area contributed by atoms with Gasteiger partial charge in [-0.2, -0.15) is 0 Å². The van der Waals surface area contributed by atoms with Gasteiger partial charge >= 0.3 is 0 Å². The van der Waals surface area contributed by atoms with Crippen molar-refractivity contribution in [2.24, 2.45) is 0 Å². The number of carbonyl (C=O) groups is 1. The van der Waals surface area contributed by atoms with Gasteiger partial charge in [0.2, 0.25) is 0 Å². The Morgan fingerprint density at radius 1 is 1.27 bits per heavy atom. The van der Waals surface area contributed by atoms with E-state index >= 15 is 0 Å². The molecule has 1 N–H and O–H groups in total. The molecule has 0 unspecified atom stereocenters. The maximum absolute atomic E-state index is 13.0. The molecule has 1 aliphatic rings. The van der Waals surface area contributed by atoms with Crippen LogP contribution in [0.1, 0.15) is 20.8 Å². The first-order valence-corrected chi connectivity index (χ1v) is 11.4. The molecule has 3 aromatic rings. The van der Waals surface area contributed by atoms with Crippen LogP contribution < -0.4 is 15.0 Å². The normalized spacial score (nSPS) is 14.9. The Bertz CT molecular complexity index is 1080. The van der Waals surface area contributed by atoms with Crippen molar-refractivity contribution in [2.45, 2.75) is 13.5 Å². The highest BCUT2D eigenvalue weighted by atomic mass is 79.9. The van der Waals surface area contributed by atoms with Crippen molar-refractivity contribution >= 4 is 49.2 Å². The number of aromatic nitrogens is 2. The first kappa shape index (κ1) is 21.0. The van der Waals surface area contributed by atoms with Gasteiger partial charge in [-0.3, -0.25) is 4.79 Å². The number of hydrogen-bond donors (Lipinski definition) is 1. The number of nitrogens with one attached hydrogen (secondary N) is 1. The van der Waals surface area contributed by atoms with Gasteiger partial charge in [0.15, 0.2) is 0 Å². The number of ether oxygens (including phenoxy) is 1. The van der Waals surface area contributed by atoms with Gasteiger partial charge in [0.25, 0.3) is 5.91 Å². The number of fused-ring (bicyclic) bond motifs is 1. The van der Waals surface area contributed by atoms with Gasteiger partial charge in [-0.15, -0.1) is 11.3 Å². The van der Waals surface area contributed by atoms with Crippen molar-refractivity contribution in [3.05, 3.63) is 45.0 Å². The summed E-state index contributed by atoms with van der Waals surface area (Å²) in [6, 6.07) is 5.75. The SMILES string of the molecule is COc1ccc(Br)cc1CNC(=O)c1sc2ncnc(N3CCN(C)CC3)c2c1C. The summed E-state index contributed by atoms with van der Waals surface area (Å²) in [5, 5.41) is 4.01. The lowest BCUT2D eigenvalue weighted by atomic mass is 10.1. The number of amides is 1. The van der Waals surface area contributed by atoms with Crippen LogP contribution in [0.15, 0.2) is 29.0 Å². The van der Waals surface area contributed by atoms with Crippen LogP contribution in [0.2, 0.25) is 0 Å². The highest BCUT2D eigenvalue weighted by molar-refractivity contribution is 9.10. The summed E-state index contributed by atoms with van der Waals surface area (Å²) in [5.74, 6) is 1.56. The number of benzene rings is 1. The number of carbonyl (C=O) groups excluding carboxylic acids is 1. The van der Waals surface area contributed by atoms with Crippen LogP contribution in [-0.2, 0) is 6.54 Å². The number of piperazine rings is 1. The Morgan fingerprint density at radius 2 is 2.03 bits per heavy atom. The largest absolute Gasteiger partial charge is 0.496 e. The summed E-state index contributed by atoms with van der Waals surface area (Å²) in [5.41, 5.74) is 1.85. The zero-order chi connectivity index (χ0) is 21.3. The van der Waals surface area contributed by atoms with E-state index in [-0.39, 0.29) is 5.91 Å². The third kappa shape index (κ3) is 4.14. The lowest BCUT2D eigenvalue weighted by Gasteiger charge is -2.33. The molecule has 30 heavy (non-hydrogen) atoms. The van der Waals surface area contributed by atoms with Gasteiger partial charge in [-0.1, -0.05) is 15.9 Å². The maximum atomic E-state index is 13.0. The summed E-state index contributed by atoms with van der Waals surface area (Å²) in [6.45, 7) is 6.19. The molecule has 3 heterocycles. The number of thiophene rings is 1. The van der Waals surface area contributed by atoms with Crippen molar-refractivity contribution in [3.63, 3.8) is 0 Å². The van der Waals surface area contributed by atoms with Gasteiger partial charge in [0.05, 0.1) is 17.4 Å². The second kappa shape index (κ2) is 8.87. The molecule has 1 fully saturated rings. The van der Waals surface area contributed by atoms with E-state index in [0.29, 0.717) is 11.4 Å². The van der Waals surface area contributed by atoms with Gasteiger partial charge < -0.3 is 19.9 Å². The van der Waals surface area contributed by atoms with Crippen molar-refractivity contribution in [3.8, 4) is 5.75 Å². The molecule has 158 valence electrons. The van der Waals surface area contributed by atoms with E-state index in [9.17, 15) is 4.79 Å². The average Bonchev–Trinajstić information content (AvgIpc) is 3.09. The molecule has 1 saturated heterocycles. The first-order chi connectivity index (χ1) is 14.5. The number of aryl methyl sites for hydroxylation is 1. The molecular formula is C21H24BrN5O2S. The molecule has 1 amide bonds. The Hall–Kier alpha value is -2.23. The predicted octanol–water partition coefficient (Wildman–Crippen LogP) is 3.45. The summed E-state index contributed by atoms with van der Waals surface area (Å²) >= 11 is 4.89. The van der Waals surface area contributed by atoms with Crippen LogP contribution in [0.5, 0.6) is 5.75 Å². The number of likely N-dealkylation sites (N-methyl/N-ethyl adjacent to an activating group) is 1. The lowest BCUT2D eigenvalue weighted by molar-refractivity contribution is 0.0954. The molecule has 7 nitrogen and oxygen atoms in total. The fraction of sp³-hybridized carbons (Fsp3) is 0.381. The Kier molecular flexibility index (Phi) is 6.21. The lowest BCUT2D eigenvalue weighted by Crippen LogP contribution is -2.44. The second-order valence-corrected chi connectivity index (χ2v) is 9.28. The van der Waals surface area contributed by atoms with Gasteiger partial charge in [-0.05, 0) is 37.7 Å². The molecule has 0 bridgehead atoms. The molecule has 4 rings (SSSR count). The average molecular weight is 490 g/mol. The molecule has 1 aromatic carbocycles. The van der Waals surface area contributed by atoms with Crippen LogP contribution in [0, 0.1) is 6.92 Å². The fourth-order valence-electron chi connectivity index (χ4n) is 3.67. The first-order valence-electron chi connectivity index (χ1n) is 9.76. The molecule has 0 aliphatic carbocycles. The van der Waals surface area contributed by atoms with E-state index in [2.05, 4.69) is 48.1 Å². The third-order valence-electron chi connectivity index (χ3n) is 5.40. The third-order valence-corrected chi connectivity index (χ3v) is 7.09. The minimum absolute atomic E-state index is 0.109. The quantitative estimate of drug-likeness (QED) is 0.591. The zero-order valence-electron chi connectivity index (χ0n) is 17.2. The number of halogens is 1. The molecule has 0 spiro atoms. The van der Waals surface area contributed by atoms with Gasteiger partial charge in [-0.25, -0.2) is 9.97 Å². The zero-order valence-corrected chi connectivity index (χ0v) is 19.6. The maximum Gasteiger partial charge on any atom is 0.261 e. The van der Waals surface area contributed by atoms with Crippen LogP contribution in [0.3, 0.4) is 0 Å². The van der Waals surface area contributed by atoms with Crippen LogP contribution in [0.25, 0.3) is 10.2 Å². The highest BCUT2D eigenvalue weighted by Crippen LogP contribution is 2.35. The summed E-state index contributed by atoms with van der Waals surface area (Å²) < 4.78 is 6.35. The standard InChI is InChI=1S/C21H24BrN5O2S/c1-13-17-19(27-8-6-26(2)7-9-27)24-12-25-21(17)30-18(13)20(28)23-11-14-10-15(22)4-5-16(14)29-3/h4-5,10,12H,6-9,11H2,1-3H3,(H,23,28). The van der Waals surface area contributed by atoms with Crippen LogP contribution in [-0.4, -0.2) is 61.1 Å². The Morgan fingerprint density at radius 3 is 2.77 bits per heavy atom.